The lowest BCUT2D eigenvalue weighted by atomic mass is 10.2. The van der Waals surface area contributed by atoms with Gasteiger partial charge >= 0.3 is 0 Å². The predicted molar refractivity (Wildman–Crippen MR) is 79.7 cm³/mol. The summed E-state index contributed by atoms with van der Waals surface area (Å²) >= 11 is 2.44. The second kappa shape index (κ2) is 6.95. The van der Waals surface area contributed by atoms with Crippen LogP contribution in [0.2, 0.25) is 0 Å². The van der Waals surface area contributed by atoms with Gasteiger partial charge in [0.25, 0.3) is 0 Å². The number of carbonyl (C=O) groups excluding carboxylic acids is 1. The maximum absolute atomic E-state index is 13.0. The summed E-state index contributed by atoms with van der Waals surface area (Å²) in [6.07, 6.45) is 0. The van der Waals surface area contributed by atoms with Gasteiger partial charge in [0, 0.05) is 10.8 Å². The lowest BCUT2D eigenvalue weighted by molar-refractivity contribution is -0.113. The number of thioether (sulfide) groups is 1. The van der Waals surface area contributed by atoms with Gasteiger partial charge < -0.3 is 0 Å². The van der Waals surface area contributed by atoms with Crippen molar-refractivity contribution in [1.29, 1.82) is 0 Å². The maximum atomic E-state index is 13.0. The number of rotatable bonds is 5. The highest BCUT2D eigenvalue weighted by Gasteiger charge is 2.11. The molecule has 0 unspecified atom stereocenters. The molecule has 112 valence electrons. The number of nitrogens with zero attached hydrogens (tertiary/aromatic N) is 2. The first kappa shape index (κ1) is 15.8. The van der Waals surface area contributed by atoms with E-state index in [4.69, 9.17) is 0 Å². The van der Waals surface area contributed by atoms with Gasteiger partial charge in [-0.05, 0) is 18.2 Å². The van der Waals surface area contributed by atoms with Crippen LogP contribution >= 0.6 is 23.1 Å². The van der Waals surface area contributed by atoms with E-state index >= 15 is 0 Å². The summed E-state index contributed by atoms with van der Waals surface area (Å²) in [6.45, 7) is 3.98. The molecule has 2 rings (SSSR count). The van der Waals surface area contributed by atoms with E-state index in [2.05, 4.69) is 15.5 Å². The molecule has 1 N–H and O–H groups in total. The summed E-state index contributed by atoms with van der Waals surface area (Å²) in [5, 5.41) is 11.8. The highest BCUT2D eigenvalue weighted by Crippen LogP contribution is 2.24. The van der Waals surface area contributed by atoms with Crippen molar-refractivity contribution in [3.63, 3.8) is 0 Å². The van der Waals surface area contributed by atoms with Crippen LogP contribution in [0.15, 0.2) is 23.1 Å². The summed E-state index contributed by atoms with van der Waals surface area (Å²) in [6, 6.07) is 3.53. The molecule has 0 saturated heterocycles. The van der Waals surface area contributed by atoms with Crippen LogP contribution in [0.1, 0.15) is 24.8 Å². The van der Waals surface area contributed by atoms with Crippen LogP contribution in [0.4, 0.5) is 13.9 Å². The van der Waals surface area contributed by atoms with Gasteiger partial charge in [-0.1, -0.05) is 25.2 Å². The maximum Gasteiger partial charge on any atom is 0.236 e. The number of nitrogens with one attached hydrogen (secondary N) is 1. The van der Waals surface area contributed by atoms with E-state index in [9.17, 15) is 13.6 Å². The second-order valence-electron chi connectivity index (χ2n) is 4.51. The number of hydrogen-bond acceptors (Lipinski definition) is 5. The molecule has 0 aliphatic heterocycles. The average Bonchev–Trinajstić information content (AvgIpc) is 2.89. The van der Waals surface area contributed by atoms with E-state index < -0.39 is 11.6 Å². The summed E-state index contributed by atoms with van der Waals surface area (Å²) in [5.74, 6) is -1.76. The molecule has 0 fully saturated rings. The number of amides is 1. The van der Waals surface area contributed by atoms with Gasteiger partial charge in [0.15, 0.2) is 11.6 Å². The molecule has 1 heterocycles. The quantitative estimate of drug-likeness (QED) is 0.851. The van der Waals surface area contributed by atoms with Crippen LogP contribution in [-0.4, -0.2) is 21.9 Å². The molecule has 21 heavy (non-hydrogen) atoms. The Bertz CT molecular complexity index is 646. The second-order valence-corrected chi connectivity index (χ2v) is 6.57. The minimum absolute atomic E-state index is 0.0850. The van der Waals surface area contributed by atoms with E-state index in [1.807, 2.05) is 13.8 Å². The molecule has 0 saturated carbocycles. The molecule has 8 heteroatoms. The summed E-state index contributed by atoms with van der Waals surface area (Å²) in [7, 11) is 0. The van der Waals surface area contributed by atoms with Crippen molar-refractivity contribution >= 4 is 34.1 Å². The van der Waals surface area contributed by atoms with Crippen LogP contribution in [-0.2, 0) is 4.79 Å². The Morgan fingerprint density at radius 3 is 2.71 bits per heavy atom. The molecule has 0 aliphatic carbocycles. The Hall–Kier alpha value is -1.54. The molecule has 4 nitrogen and oxygen atoms in total. The smallest absolute Gasteiger partial charge is 0.236 e. The fraction of sp³-hybridized carbons (Fsp3) is 0.308. The first-order valence-electron chi connectivity index (χ1n) is 6.17. The number of hydrogen-bond donors (Lipinski definition) is 1. The van der Waals surface area contributed by atoms with Crippen LogP contribution < -0.4 is 5.32 Å². The van der Waals surface area contributed by atoms with Gasteiger partial charge in [0.2, 0.25) is 11.0 Å². The molecule has 0 atom stereocenters. The van der Waals surface area contributed by atoms with Crippen molar-refractivity contribution in [2.24, 2.45) is 0 Å². The van der Waals surface area contributed by atoms with E-state index in [1.165, 1.54) is 17.4 Å². The topological polar surface area (TPSA) is 54.9 Å². The molecular formula is C13H13F2N3OS2. The first-order chi connectivity index (χ1) is 9.95. The van der Waals surface area contributed by atoms with Gasteiger partial charge in [0.1, 0.15) is 5.01 Å². The molecule has 1 aromatic carbocycles. The fourth-order valence-corrected chi connectivity index (χ4v) is 2.87. The standard InChI is InChI=1S/C13H13F2N3OS2/c1-7(2)12-17-18-13(21-12)16-11(19)6-20-8-3-4-9(14)10(15)5-8/h3-5,7H,6H2,1-2H3,(H,16,18,19). The molecular weight excluding hydrogens is 316 g/mol. The summed E-state index contributed by atoms with van der Waals surface area (Å²) in [5.41, 5.74) is 0. The monoisotopic (exact) mass is 329 g/mol. The van der Waals surface area contributed by atoms with E-state index in [0.717, 1.165) is 28.9 Å². The number of benzene rings is 1. The van der Waals surface area contributed by atoms with Crippen molar-refractivity contribution in [3.05, 3.63) is 34.8 Å². The zero-order valence-corrected chi connectivity index (χ0v) is 13.0. The molecule has 2 aromatic rings. The zero-order valence-electron chi connectivity index (χ0n) is 11.4. The van der Waals surface area contributed by atoms with Crippen LogP contribution in [0.5, 0.6) is 0 Å². The first-order valence-corrected chi connectivity index (χ1v) is 7.97. The SMILES string of the molecule is CC(C)c1nnc(NC(=O)CSc2ccc(F)c(F)c2)s1. The summed E-state index contributed by atoms with van der Waals surface area (Å²) in [4.78, 5) is 12.2. The zero-order chi connectivity index (χ0) is 15.4. The minimum atomic E-state index is -0.925. The molecule has 0 bridgehead atoms. The minimum Gasteiger partial charge on any atom is -0.300 e. The van der Waals surface area contributed by atoms with Crippen molar-refractivity contribution in [1.82, 2.24) is 10.2 Å². The summed E-state index contributed by atoms with van der Waals surface area (Å²) < 4.78 is 25.8. The number of anilines is 1. The van der Waals surface area contributed by atoms with Crippen LogP contribution in [0.3, 0.4) is 0 Å². The van der Waals surface area contributed by atoms with Crippen molar-refractivity contribution in [2.45, 2.75) is 24.7 Å². The number of carbonyl (C=O) groups is 1. The van der Waals surface area contributed by atoms with E-state index in [0.29, 0.717) is 10.0 Å². The average molecular weight is 329 g/mol. The third-order valence-corrected chi connectivity index (χ3v) is 4.57. The number of aromatic nitrogens is 2. The van der Waals surface area contributed by atoms with E-state index in [-0.39, 0.29) is 17.6 Å². The highest BCUT2D eigenvalue weighted by atomic mass is 32.2. The Morgan fingerprint density at radius 2 is 2.10 bits per heavy atom. The predicted octanol–water partition coefficient (Wildman–Crippen LogP) is 3.67. The van der Waals surface area contributed by atoms with Crippen molar-refractivity contribution in [2.75, 3.05) is 11.1 Å². The molecule has 1 amide bonds. The van der Waals surface area contributed by atoms with Crippen LogP contribution in [0.25, 0.3) is 0 Å². The molecule has 0 radical (unpaired) electrons. The highest BCUT2D eigenvalue weighted by molar-refractivity contribution is 8.00. The lowest BCUT2D eigenvalue weighted by Gasteiger charge is -2.02. The fourth-order valence-electron chi connectivity index (χ4n) is 1.39. The third kappa shape index (κ3) is 4.47. The van der Waals surface area contributed by atoms with Gasteiger partial charge in [-0.2, -0.15) is 0 Å². The molecule has 0 spiro atoms. The van der Waals surface area contributed by atoms with Gasteiger partial charge in [-0.3, -0.25) is 10.1 Å². The Labute approximate surface area is 129 Å². The largest absolute Gasteiger partial charge is 0.300 e. The van der Waals surface area contributed by atoms with Crippen molar-refractivity contribution in [3.8, 4) is 0 Å². The normalized spacial score (nSPS) is 10.9. The molecule has 1 aromatic heterocycles. The van der Waals surface area contributed by atoms with E-state index in [1.54, 1.807) is 0 Å². The molecule has 0 aliphatic rings. The Morgan fingerprint density at radius 1 is 1.33 bits per heavy atom. The third-order valence-electron chi connectivity index (χ3n) is 2.44. The Balaban J connectivity index is 1.88. The van der Waals surface area contributed by atoms with Crippen LogP contribution in [0, 0.1) is 11.6 Å². The van der Waals surface area contributed by atoms with Gasteiger partial charge in [-0.25, -0.2) is 8.78 Å². The van der Waals surface area contributed by atoms with Crippen molar-refractivity contribution < 1.29 is 13.6 Å². The lowest BCUT2D eigenvalue weighted by Crippen LogP contribution is -2.13. The Kier molecular flexibility index (Phi) is 5.24. The van der Waals surface area contributed by atoms with Gasteiger partial charge in [-0.15, -0.1) is 22.0 Å². The van der Waals surface area contributed by atoms with Gasteiger partial charge in [0.05, 0.1) is 5.75 Å². The number of halogens is 2.